The van der Waals surface area contributed by atoms with Crippen molar-refractivity contribution < 1.29 is 44.2 Å². The van der Waals surface area contributed by atoms with Crippen LogP contribution >= 0.6 is 7.26 Å². The Morgan fingerprint density at radius 1 is 0.714 bits per heavy atom. The molecule has 0 aromatic heterocycles. The number of unbranched alkanes of at least 4 members (excludes halogenated alkanes) is 8. The Kier molecular flexibility index (Phi) is 23.9. The van der Waals surface area contributed by atoms with Crippen LogP contribution in [0.1, 0.15) is 179 Å². The molecule has 5 rings (SSSR count). The van der Waals surface area contributed by atoms with E-state index in [0.29, 0.717) is 12.8 Å². The number of esters is 1. The number of hydrogen-bond acceptors (Lipinski definition) is 10. The lowest BCUT2D eigenvalue weighted by molar-refractivity contribution is -0.295. The molecule has 2 heterocycles. The van der Waals surface area contributed by atoms with E-state index in [1.165, 1.54) is 75.5 Å². The summed E-state index contributed by atoms with van der Waals surface area (Å²) < 4.78 is 18.9. The lowest BCUT2D eigenvalue weighted by Gasteiger charge is -2.46. The number of cyclic esters (lactones) is 1. The largest absolute Gasteiger partial charge is 0.459 e. The number of aliphatic hydroxyl groups excluding tert-OH is 2. The monoisotopic (exact) mass is 1090 g/mol. The Labute approximate surface area is 466 Å². The van der Waals surface area contributed by atoms with Gasteiger partial charge in [-0.05, 0) is 210 Å². The summed E-state index contributed by atoms with van der Waals surface area (Å²) in [6, 6.07) is 20.6. The van der Waals surface area contributed by atoms with Crippen LogP contribution in [-0.4, -0.2) is 129 Å². The molecular formula is C65H104N2O9P+. The van der Waals surface area contributed by atoms with E-state index in [1.807, 2.05) is 39.8 Å². The van der Waals surface area contributed by atoms with Crippen molar-refractivity contribution in [2.45, 2.75) is 247 Å². The molecule has 0 saturated carbocycles. The predicted octanol–water partition coefficient (Wildman–Crippen LogP) is 10.6. The molecule has 0 radical (unpaired) electrons. The molecule has 0 unspecified atom stereocenters. The van der Waals surface area contributed by atoms with Crippen molar-refractivity contribution in [2.75, 3.05) is 26.8 Å². The van der Waals surface area contributed by atoms with E-state index in [9.17, 15) is 30.0 Å². The highest BCUT2D eigenvalue weighted by Gasteiger charge is 2.50. The average molecular weight is 1090 g/mol. The van der Waals surface area contributed by atoms with Crippen LogP contribution in [0.15, 0.2) is 54.6 Å². The number of hydrogen-bond donors (Lipinski definition) is 4. The Morgan fingerprint density at radius 2 is 1.17 bits per heavy atom. The lowest BCUT2D eigenvalue weighted by Crippen LogP contribution is -2.60. The van der Waals surface area contributed by atoms with E-state index >= 15 is 0 Å². The number of amides is 1. The third-order valence-electron chi connectivity index (χ3n) is 17.1. The molecule has 3 aromatic carbocycles. The number of carbonyl (C=O) groups is 2. The number of aliphatic hydroxyl groups is 4. The van der Waals surface area contributed by atoms with E-state index in [1.54, 1.807) is 32.6 Å². The first kappa shape index (κ1) is 64.6. The van der Waals surface area contributed by atoms with Crippen LogP contribution in [-0.2, 0) is 23.8 Å². The van der Waals surface area contributed by atoms with E-state index in [4.69, 9.17) is 14.2 Å². The quantitative estimate of drug-likeness (QED) is 0.0519. The van der Waals surface area contributed by atoms with Gasteiger partial charge in [-0.3, -0.25) is 9.59 Å². The first-order valence-electron chi connectivity index (χ1n) is 29.5. The standard InChI is InChI=1S/C65H104N2O9P/c1-17-57-65(14,73)60(70)52(12)67(41-48(8)40-64(13,72)61(49(9)38-50(10)62(71)75-57)76-63-59(69)56(66(15)16)39-51(11)74-63)58(68)27-25-23-21-19-18-20-22-24-26-28-77(53-32-42(2)29-43(3)33-53,54-34-44(4)30-45(5)35-54)55-36-46(6)31-47(7)37-55/h29-37,48-52,56-57,59-61,63,69-70,72-73H,17-28,38-41H2,1-16H3/q+1/t48-,49+,50-,51-,52-,56+,57-,59-,60-,61-,63+,64-,65-/m1/s1. The Morgan fingerprint density at radius 3 is 1.62 bits per heavy atom. The van der Waals surface area contributed by atoms with Crippen LogP contribution in [0.5, 0.6) is 0 Å². The van der Waals surface area contributed by atoms with Crippen molar-refractivity contribution in [3.8, 4) is 0 Å². The van der Waals surface area contributed by atoms with Gasteiger partial charge in [0.15, 0.2) is 6.29 Å². The maximum atomic E-state index is 14.4. The topological polar surface area (TPSA) is 149 Å². The van der Waals surface area contributed by atoms with Gasteiger partial charge in [0, 0.05) is 19.0 Å². The molecule has 2 saturated heterocycles. The molecule has 11 nitrogen and oxygen atoms in total. The Hall–Kier alpha value is -3.25. The minimum atomic E-state index is -1.98. The van der Waals surface area contributed by atoms with Crippen molar-refractivity contribution in [3.63, 3.8) is 0 Å². The molecule has 0 spiro atoms. The summed E-state index contributed by atoms with van der Waals surface area (Å²) in [6.45, 7) is 28.0. The summed E-state index contributed by atoms with van der Waals surface area (Å²) in [5.74, 6) is -1.99. The van der Waals surface area contributed by atoms with Crippen LogP contribution in [0.3, 0.4) is 0 Å². The Bertz CT molecular complexity index is 2180. The fraction of sp³-hybridized carbons (Fsp3) is 0.692. The van der Waals surface area contributed by atoms with Crippen molar-refractivity contribution in [1.82, 2.24) is 9.80 Å². The second-order valence-corrected chi connectivity index (χ2v) is 28.8. The number of likely N-dealkylation sites (N-methyl/N-ethyl adjacent to an activating group) is 1. The van der Waals surface area contributed by atoms with Crippen molar-refractivity contribution in [2.24, 2.45) is 17.8 Å². The van der Waals surface area contributed by atoms with Crippen molar-refractivity contribution in [3.05, 3.63) is 88.0 Å². The molecule has 1 amide bonds. The third-order valence-corrected chi connectivity index (χ3v) is 21.5. The lowest BCUT2D eigenvalue weighted by atomic mass is 9.79. The molecule has 3 aromatic rings. The molecule has 4 N–H and O–H groups in total. The van der Waals surface area contributed by atoms with Gasteiger partial charge in [-0.25, -0.2) is 0 Å². The van der Waals surface area contributed by atoms with Gasteiger partial charge >= 0.3 is 5.97 Å². The molecule has 77 heavy (non-hydrogen) atoms. The van der Waals surface area contributed by atoms with Gasteiger partial charge in [0.25, 0.3) is 0 Å². The summed E-state index contributed by atoms with van der Waals surface area (Å²) in [7, 11) is 1.84. The number of ether oxygens (including phenoxy) is 3. The van der Waals surface area contributed by atoms with Crippen molar-refractivity contribution in [1.29, 1.82) is 0 Å². The van der Waals surface area contributed by atoms with Crippen LogP contribution in [0.4, 0.5) is 0 Å². The molecule has 2 aliphatic heterocycles. The first-order valence-corrected chi connectivity index (χ1v) is 31.5. The predicted molar refractivity (Wildman–Crippen MR) is 317 cm³/mol. The van der Waals surface area contributed by atoms with Crippen LogP contribution in [0, 0.1) is 59.3 Å². The van der Waals surface area contributed by atoms with E-state index in [-0.39, 0.29) is 56.2 Å². The smallest absolute Gasteiger partial charge is 0.309 e. The molecule has 2 aliphatic rings. The molecule has 13 atom stereocenters. The summed E-state index contributed by atoms with van der Waals surface area (Å²) in [4.78, 5) is 31.8. The second-order valence-electron chi connectivity index (χ2n) is 25.2. The SMILES string of the molecule is CC[C@H]1OC(=O)[C@H](C)C[C@H](C)[C@@H](O[C@@H]2O[C@H](C)C[C@H](N(C)C)[C@H]2O)[C@](C)(O)C[C@@H](C)CN(C(=O)CCCCCCCCCCC[P+](c2cc(C)cc(C)c2)(c2cc(C)cc(C)c2)c2cc(C)cc(C)c2)[C@H](C)[C@@H](O)[C@]1(C)O. The van der Waals surface area contributed by atoms with Crippen LogP contribution < -0.4 is 15.9 Å². The zero-order valence-electron chi connectivity index (χ0n) is 50.5. The van der Waals surface area contributed by atoms with Gasteiger partial charge in [-0.1, -0.05) is 84.4 Å². The third kappa shape index (κ3) is 16.9. The number of nitrogens with zero attached hydrogens (tertiary/aromatic N) is 2. The molecule has 2 fully saturated rings. The van der Waals surface area contributed by atoms with Crippen molar-refractivity contribution >= 4 is 35.1 Å². The highest BCUT2D eigenvalue weighted by Crippen LogP contribution is 2.57. The summed E-state index contributed by atoms with van der Waals surface area (Å²) in [5.41, 5.74) is 4.55. The van der Waals surface area contributed by atoms with Gasteiger partial charge in [-0.2, -0.15) is 0 Å². The van der Waals surface area contributed by atoms with Gasteiger partial charge in [0.1, 0.15) is 47.1 Å². The normalized spacial score (nSPS) is 30.2. The fourth-order valence-electron chi connectivity index (χ4n) is 13.3. The summed E-state index contributed by atoms with van der Waals surface area (Å²) in [5, 5.41) is 52.4. The molecule has 12 heteroatoms. The van der Waals surface area contributed by atoms with Gasteiger partial charge in [-0.15, -0.1) is 0 Å². The van der Waals surface area contributed by atoms with Gasteiger partial charge in [0.2, 0.25) is 5.91 Å². The number of rotatable bonds is 19. The summed E-state index contributed by atoms with van der Waals surface area (Å²) >= 11 is 0. The maximum absolute atomic E-state index is 14.4. The van der Waals surface area contributed by atoms with Crippen LogP contribution in [0.2, 0.25) is 0 Å². The second kappa shape index (κ2) is 28.4. The Balaban J connectivity index is 1.23. The maximum Gasteiger partial charge on any atom is 0.309 e. The number of aryl methyl sites for hydroxylation is 6. The first-order chi connectivity index (χ1) is 36.1. The summed E-state index contributed by atoms with van der Waals surface area (Å²) in [6.07, 6.45) is 6.77. The molecule has 432 valence electrons. The zero-order valence-corrected chi connectivity index (χ0v) is 51.4. The minimum Gasteiger partial charge on any atom is -0.459 e. The van der Waals surface area contributed by atoms with Crippen LogP contribution in [0.25, 0.3) is 0 Å². The van der Waals surface area contributed by atoms with E-state index < -0.39 is 73.0 Å². The fourth-order valence-corrected chi connectivity index (χ4v) is 18.2. The molecule has 0 aliphatic carbocycles. The minimum absolute atomic E-state index is 0.133. The molecular weight excluding hydrogens is 984 g/mol. The van der Waals surface area contributed by atoms with Gasteiger partial charge in [0.05, 0.1) is 35.9 Å². The van der Waals surface area contributed by atoms with E-state index in [2.05, 4.69) is 96.1 Å². The van der Waals surface area contributed by atoms with Gasteiger partial charge < -0.3 is 44.4 Å². The van der Waals surface area contributed by atoms with E-state index in [0.717, 1.165) is 38.3 Å². The number of carbonyl (C=O) groups excluding carboxylic acids is 2. The zero-order chi connectivity index (χ0) is 57.2. The highest BCUT2D eigenvalue weighted by molar-refractivity contribution is 7.95. The molecule has 0 bridgehead atoms. The highest BCUT2D eigenvalue weighted by atomic mass is 31.2. The number of benzene rings is 3. The average Bonchev–Trinajstić information content (AvgIpc) is 3.33.